The van der Waals surface area contributed by atoms with Crippen molar-refractivity contribution in [3.63, 3.8) is 0 Å². The minimum Gasteiger partial charge on any atom is -0.353 e. The number of fused-ring (bicyclic) bond motifs is 4. The van der Waals surface area contributed by atoms with Crippen LogP contribution in [0.2, 0.25) is 0 Å². The molecule has 2 aliphatic rings. The number of pyridine rings is 1. The molecule has 0 aromatic carbocycles. The van der Waals surface area contributed by atoms with Crippen molar-refractivity contribution in [1.29, 1.82) is 0 Å². The molecule has 0 saturated carbocycles. The highest BCUT2D eigenvalue weighted by atomic mass is 19.1. The van der Waals surface area contributed by atoms with Gasteiger partial charge in [0.2, 0.25) is 0 Å². The third kappa shape index (κ3) is 2.33. The van der Waals surface area contributed by atoms with E-state index in [1.807, 2.05) is 28.5 Å². The van der Waals surface area contributed by atoms with E-state index >= 15 is 0 Å². The van der Waals surface area contributed by atoms with Gasteiger partial charge in [0.15, 0.2) is 11.6 Å². The third-order valence-electron chi connectivity index (χ3n) is 4.96. The highest BCUT2D eigenvalue weighted by Crippen LogP contribution is 2.37. The van der Waals surface area contributed by atoms with E-state index in [0.29, 0.717) is 36.9 Å². The zero-order chi connectivity index (χ0) is 16.0. The number of aromatic nitrogens is 3. The Morgan fingerprint density at radius 3 is 2.96 bits per heavy atom. The number of anilines is 1. The highest BCUT2D eigenvalue weighted by molar-refractivity contribution is 5.43. The molecule has 0 radical (unpaired) electrons. The number of aryl methyl sites for hydroxylation is 1. The Balaban J connectivity index is 1.70. The van der Waals surface area contributed by atoms with Crippen LogP contribution in [0.15, 0.2) is 29.3 Å². The fraction of sp³-hybridized carbons (Fsp3) is 0.471. The van der Waals surface area contributed by atoms with Crippen molar-refractivity contribution in [2.75, 3.05) is 18.0 Å². The maximum absolute atomic E-state index is 14.6. The van der Waals surface area contributed by atoms with Gasteiger partial charge in [-0.3, -0.25) is 4.79 Å². The van der Waals surface area contributed by atoms with E-state index in [1.54, 1.807) is 6.07 Å². The summed E-state index contributed by atoms with van der Waals surface area (Å²) in [5.41, 5.74) is 1.58. The normalized spacial score (nSPS) is 22.8. The van der Waals surface area contributed by atoms with Crippen LogP contribution in [0.25, 0.3) is 0 Å². The molecule has 6 heteroatoms. The second kappa shape index (κ2) is 5.44. The fourth-order valence-electron chi connectivity index (χ4n) is 3.93. The van der Waals surface area contributed by atoms with Crippen LogP contribution in [0.5, 0.6) is 0 Å². The second-order valence-corrected chi connectivity index (χ2v) is 6.41. The average Bonchev–Trinajstić information content (AvgIpc) is 2.56. The minimum atomic E-state index is -0.305. The molecule has 2 aromatic heterocycles. The first kappa shape index (κ1) is 14.4. The average molecular weight is 314 g/mol. The molecule has 2 aliphatic heterocycles. The lowest BCUT2D eigenvalue weighted by molar-refractivity contribution is 0.279. The summed E-state index contributed by atoms with van der Waals surface area (Å²) in [6, 6.07) is 5.44. The van der Waals surface area contributed by atoms with E-state index in [4.69, 9.17) is 0 Å². The van der Waals surface area contributed by atoms with Crippen molar-refractivity contribution in [3.05, 3.63) is 52.1 Å². The Morgan fingerprint density at radius 2 is 2.13 bits per heavy atom. The molecular formula is C17H19FN4O. The Hall–Kier alpha value is -2.24. The van der Waals surface area contributed by atoms with Crippen molar-refractivity contribution < 1.29 is 4.39 Å². The van der Waals surface area contributed by atoms with Crippen LogP contribution < -0.4 is 10.5 Å². The van der Waals surface area contributed by atoms with Gasteiger partial charge < -0.3 is 9.47 Å². The highest BCUT2D eigenvalue weighted by Gasteiger charge is 2.35. The van der Waals surface area contributed by atoms with Gasteiger partial charge in [-0.1, -0.05) is 13.0 Å². The molecule has 0 amide bonds. The quantitative estimate of drug-likeness (QED) is 0.850. The molecule has 1 fully saturated rings. The number of nitrogens with zero attached hydrogens (tertiary/aromatic N) is 4. The Labute approximate surface area is 133 Å². The zero-order valence-corrected chi connectivity index (χ0v) is 13.1. The first-order valence-electron chi connectivity index (χ1n) is 8.11. The maximum atomic E-state index is 14.6. The maximum Gasteiger partial charge on any atom is 0.250 e. The minimum absolute atomic E-state index is 0.0622. The summed E-state index contributed by atoms with van der Waals surface area (Å²) in [6.07, 6.45) is 3.05. The van der Waals surface area contributed by atoms with Gasteiger partial charge in [-0.2, -0.15) is 0 Å². The van der Waals surface area contributed by atoms with Crippen molar-refractivity contribution in [1.82, 2.24) is 14.5 Å². The second-order valence-electron chi connectivity index (χ2n) is 6.41. The van der Waals surface area contributed by atoms with Gasteiger partial charge in [-0.25, -0.2) is 14.4 Å². The molecule has 2 atom stereocenters. The summed E-state index contributed by atoms with van der Waals surface area (Å²) >= 11 is 0. The molecule has 2 unspecified atom stereocenters. The Morgan fingerprint density at radius 1 is 1.26 bits per heavy atom. The van der Waals surface area contributed by atoms with Gasteiger partial charge in [0.1, 0.15) is 6.33 Å². The van der Waals surface area contributed by atoms with Crippen LogP contribution in [-0.2, 0) is 13.0 Å². The number of hydrogen-bond donors (Lipinski definition) is 0. The van der Waals surface area contributed by atoms with Crippen molar-refractivity contribution >= 4 is 5.82 Å². The zero-order valence-electron chi connectivity index (χ0n) is 13.1. The summed E-state index contributed by atoms with van der Waals surface area (Å²) < 4.78 is 16.5. The fourth-order valence-corrected chi connectivity index (χ4v) is 3.93. The molecule has 4 rings (SSSR count). The van der Waals surface area contributed by atoms with Crippen molar-refractivity contribution in [2.24, 2.45) is 5.92 Å². The summed E-state index contributed by atoms with van der Waals surface area (Å²) in [5, 5.41) is 0. The van der Waals surface area contributed by atoms with E-state index in [0.717, 1.165) is 18.7 Å². The first-order chi connectivity index (χ1) is 11.2. The number of halogens is 1. The molecular weight excluding hydrogens is 295 g/mol. The van der Waals surface area contributed by atoms with Gasteiger partial charge in [0.05, 0.1) is 5.69 Å². The predicted octanol–water partition coefficient (Wildman–Crippen LogP) is 1.96. The largest absolute Gasteiger partial charge is 0.353 e. The van der Waals surface area contributed by atoms with Gasteiger partial charge >= 0.3 is 0 Å². The molecule has 1 saturated heterocycles. The molecule has 4 heterocycles. The van der Waals surface area contributed by atoms with Crippen LogP contribution in [0.3, 0.4) is 0 Å². The van der Waals surface area contributed by atoms with E-state index in [1.165, 1.54) is 6.33 Å². The molecule has 0 spiro atoms. The monoisotopic (exact) mass is 314 g/mol. The lowest BCUT2D eigenvalue weighted by Gasteiger charge is -2.43. The van der Waals surface area contributed by atoms with Crippen molar-refractivity contribution in [3.8, 4) is 0 Å². The predicted molar refractivity (Wildman–Crippen MR) is 85.1 cm³/mol. The molecule has 120 valence electrons. The molecule has 2 bridgehead atoms. The molecule has 0 aliphatic carbocycles. The first-order valence-corrected chi connectivity index (χ1v) is 8.11. The lowest BCUT2D eigenvalue weighted by Crippen LogP contribution is -2.47. The van der Waals surface area contributed by atoms with E-state index < -0.39 is 0 Å². The SMILES string of the molecule is CCc1ncnc(N2CC3CC(C2)c2cccc(=O)n2C3)c1F. The van der Waals surface area contributed by atoms with Crippen LogP contribution >= 0.6 is 0 Å². The summed E-state index contributed by atoms with van der Waals surface area (Å²) in [7, 11) is 0. The summed E-state index contributed by atoms with van der Waals surface area (Å²) in [5.74, 6) is 0.690. The Kier molecular flexibility index (Phi) is 3.39. The summed E-state index contributed by atoms with van der Waals surface area (Å²) in [6.45, 7) is 4.02. The number of hydrogen-bond acceptors (Lipinski definition) is 4. The lowest BCUT2D eigenvalue weighted by atomic mass is 9.83. The van der Waals surface area contributed by atoms with Gasteiger partial charge in [0.25, 0.3) is 5.56 Å². The smallest absolute Gasteiger partial charge is 0.250 e. The van der Waals surface area contributed by atoms with Crippen LogP contribution in [-0.4, -0.2) is 27.6 Å². The van der Waals surface area contributed by atoms with Crippen molar-refractivity contribution in [2.45, 2.75) is 32.2 Å². The molecule has 23 heavy (non-hydrogen) atoms. The topological polar surface area (TPSA) is 51.0 Å². The van der Waals surface area contributed by atoms with E-state index in [9.17, 15) is 9.18 Å². The van der Waals surface area contributed by atoms with Crippen LogP contribution in [0.4, 0.5) is 10.2 Å². The number of piperidine rings is 1. The number of rotatable bonds is 2. The molecule has 5 nitrogen and oxygen atoms in total. The van der Waals surface area contributed by atoms with Gasteiger partial charge in [-0.05, 0) is 24.8 Å². The molecule has 2 aromatic rings. The Bertz CT molecular complexity index is 803. The van der Waals surface area contributed by atoms with E-state index in [-0.39, 0.29) is 17.3 Å². The van der Waals surface area contributed by atoms with E-state index in [2.05, 4.69) is 9.97 Å². The van der Waals surface area contributed by atoms with Gasteiger partial charge in [-0.15, -0.1) is 0 Å². The summed E-state index contributed by atoms with van der Waals surface area (Å²) in [4.78, 5) is 22.3. The third-order valence-corrected chi connectivity index (χ3v) is 4.96. The van der Waals surface area contributed by atoms with Crippen LogP contribution in [0, 0.1) is 11.7 Å². The van der Waals surface area contributed by atoms with Gasteiger partial charge in [0, 0.05) is 37.3 Å². The van der Waals surface area contributed by atoms with Crippen LogP contribution in [0.1, 0.15) is 30.7 Å². The standard InChI is InChI=1S/C17H19FN4O/c1-2-13-16(18)17(20-10-19-13)21-7-11-6-12(9-21)14-4-3-5-15(23)22(14)8-11/h3-5,10-12H,2,6-9H2,1H3. The molecule has 0 N–H and O–H groups in total.